The summed E-state index contributed by atoms with van der Waals surface area (Å²) in [5.74, 6) is 1.35. The van der Waals surface area contributed by atoms with E-state index in [0.29, 0.717) is 22.9 Å². The molecule has 35 heavy (non-hydrogen) atoms. The van der Waals surface area contributed by atoms with Gasteiger partial charge in [-0.25, -0.2) is 18.4 Å². The van der Waals surface area contributed by atoms with Gasteiger partial charge in [-0.2, -0.15) is 0 Å². The Morgan fingerprint density at radius 3 is 2.69 bits per heavy atom. The Bertz CT molecular complexity index is 1360. The molecule has 184 valence electrons. The molecule has 0 saturated heterocycles. The number of nitrogens with two attached hydrogens (primary N) is 1. The predicted octanol–water partition coefficient (Wildman–Crippen LogP) is 2.31. The highest BCUT2D eigenvalue weighted by molar-refractivity contribution is 7.92. The van der Waals surface area contributed by atoms with Crippen molar-refractivity contribution in [3.8, 4) is 11.1 Å². The van der Waals surface area contributed by atoms with Gasteiger partial charge in [0, 0.05) is 48.1 Å². The summed E-state index contributed by atoms with van der Waals surface area (Å²) in [6.45, 7) is 3.79. The van der Waals surface area contributed by atoms with Gasteiger partial charge in [-0.1, -0.05) is 18.2 Å². The first-order valence-electron chi connectivity index (χ1n) is 11.2. The van der Waals surface area contributed by atoms with Crippen LogP contribution in [0.4, 0.5) is 11.5 Å². The number of nitrogens with zero attached hydrogens (tertiary/aromatic N) is 3. The van der Waals surface area contributed by atoms with Crippen LogP contribution in [0.2, 0.25) is 0 Å². The minimum atomic E-state index is -3.42. The summed E-state index contributed by atoms with van der Waals surface area (Å²) in [7, 11) is -1.59. The molecule has 0 radical (unpaired) electrons. The maximum Gasteiger partial charge on any atom is 0.229 e. The van der Waals surface area contributed by atoms with E-state index in [0.717, 1.165) is 36.2 Å². The van der Waals surface area contributed by atoms with E-state index < -0.39 is 10.0 Å². The summed E-state index contributed by atoms with van der Waals surface area (Å²) >= 11 is 0. The zero-order chi connectivity index (χ0) is 25.0. The number of imidazole rings is 1. The van der Waals surface area contributed by atoms with E-state index in [1.807, 2.05) is 26.2 Å². The number of aromatic amines is 1. The molecule has 4 rings (SSSR count). The van der Waals surface area contributed by atoms with Gasteiger partial charge in [0.1, 0.15) is 11.6 Å². The molecule has 1 aliphatic heterocycles. The number of allylic oxidation sites excluding steroid dienone is 1. The van der Waals surface area contributed by atoms with E-state index >= 15 is 0 Å². The van der Waals surface area contributed by atoms with E-state index in [2.05, 4.69) is 53.5 Å². The van der Waals surface area contributed by atoms with E-state index in [4.69, 9.17) is 5.73 Å². The third-order valence-electron chi connectivity index (χ3n) is 5.81. The SMILES string of the molecule is C/C=C(\c1cnc(C(NC)c2cc(-c3cncc(NS(C)(=O)=O)c3)cnc2N)[nH]1)C1C=CCNC1. The van der Waals surface area contributed by atoms with Crippen molar-refractivity contribution in [2.75, 3.05) is 36.8 Å². The van der Waals surface area contributed by atoms with Gasteiger partial charge >= 0.3 is 0 Å². The molecule has 4 heterocycles. The Morgan fingerprint density at radius 2 is 2.00 bits per heavy atom. The topological polar surface area (TPSA) is 151 Å². The van der Waals surface area contributed by atoms with E-state index in [9.17, 15) is 8.42 Å². The molecule has 3 aromatic heterocycles. The molecule has 1 aliphatic rings. The zero-order valence-electron chi connectivity index (χ0n) is 19.9. The number of nitrogens with one attached hydrogen (secondary N) is 4. The number of aromatic nitrogens is 4. The van der Waals surface area contributed by atoms with Crippen molar-refractivity contribution in [3.05, 3.63) is 72.2 Å². The van der Waals surface area contributed by atoms with Crippen LogP contribution in [0.25, 0.3) is 16.7 Å². The van der Waals surface area contributed by atoms with Crippen LogP contribution in [-0.2, 0) is 10.0 Å². The van der Waals surface area contributed by atoms with Crippen LogP contribution in [0, 0.1) is 5.92 Å². The summed E-state index contributed by atoms with van der Waals surface area (Å²) < 4.78 is 25.7. The Kier molecular flexibility index (Phi) is 7.29. The van der Waals surface area contributed by atoms with Crippen LogP contribution < -0.4 is 21.1 Å². The zero-order valence-corrected chi connectivity index (χ0v) is 20.7. The number of H-pyrrole nitrogens is 1. The van der Waals surface area contributed by atoms with Gasteiger partial charge in [-0.05, 0) is 31.7 Å². The molecule has 3 aromatic rings. The van der Waals surface area contributed by atoms with Crippen molar-refractivity contribution in [2.24, 2.45) is 5.92 Å². The second-order valence-corrected chi connectivity index (χ2v) is 10.1. The lowest BCUT2D eigenvalue weighted by Crippen LogP contribution is -2.26. The Hall–Kier alpha value is -3.54. The Balaban J connectivity index is 1.66. The molecule has 2 atom stereocenters. The fraction of sp³-hybridized carbons (Fsp3) is 0.292. The van der Waals surface area contributed by atoms with Gasteiger partial charge in [0.25, 0.3) is 0 Å². The molecule has 0 fully saturated rings. The third-order valence-corrected chi connectivity index (χ3v) is 6.42. The quantitative estimate of drug-likeness (QED) is 0.299. The average Bonchev–Trinajstić information content (AvgIpc) is 3.30. The highest BCUT2D eigenvalue weighted by Gasteiger charge is 2.22. The van der Waals surface area contributed by atoms with Crippen LogP contribution in [0.5, 0.6) is 0 Å². The van der Waals surface area contributed by atoms with Gasteiger partial charge < -0.3 is 21.4 Å². The predicted molar refractivity (Wildman–Crippen MR) is 139 cm³/mol. The smallest absolute Gasteiger partial charge is 0.229 e. The first kappa shape index (κ1) is 24.6. The molecule has 0 spiro atoms. The van der Waals surface area contributed by atoms with Crippen molar-refractivity contribution in [2.45, 2.75) is 13.0 Å². The molecule has 6 N–H and O–H groups in total. The van der Waals surface area contributed by atoms with Gasteiger partial charge in [0.2, 0.25) is 10.0 Å². The molecule has 0 amide bonds. The highest BCUT2D eigenvalue weighted by atomic mass is 32.2. The van der Waals surface area contributed by atoms with Gasteiger partial charge in [-0.15, -0.1) is 0 Å². The lowest BCUT2D eigenvalue weighted by Gasteiger charge is -2.20. The molecule has 0 aliphatic carbocycles. The fourth-order valence-electron chi connectivity index (χ4n) is 4.22. The molecule has 11 heteroatoms. The number of nitrogen functional groups attached to an aromatic ring is 1. The molecule has 0 aromatic carbocycles. The number of sulfonamides is 1. The van der Waals surface area contributed by atoms with Gasteiger partial charge in [0.15, 0.2) is 0 Å². The second kappa shape index (κ2) is 10.4. The van der Waals surface area contributed by atoms with Crippen LogP contribution in [0.1, 0.15) is 30.0 Å². The molecule has 10 nitrogen and oxygen atoms in total. The lowest BCUT2D eigenvalue weighted by atomic mass is 9.94. The Labute approximate surface area is 205 Å². The molecule has 0 saturated carbocycles. The van der Waals surface area contributed by atoms with Gasteiger partial charge in [0.05, 0.1) is 36.1 Å². The monoisotopic (exact) mass is 494 g/mol. The van der Waals surface area contributed by atoms with Crippen molar-refractivity contribution < 1.29 is 8.42 Å². The molecular weight excluding hydrogens is 464 g/mol. The molecule has 2 unspecified atom stereocenters. The maximum atomic E-state index is 11.6. The highest BCUT2D eigenvalue weighted by Crippen LogP contribution is 2.31. The van der Waals surface area contributed by atoms with Crippen LogP contribution >= 0.6 is 0 Å². The normalized spacial score (nSPS) is 17.3. The van der Waals surface area contributed by atoms with E-state index in [1.165, 1.54) is 11.8 Å². The summed E-state index contributed by atoms with van der Waals surface area (Å²) in [5, 5.41) is 6.67. The fourth-order valence-corrected chi connectivity index (χ4v) is 4.76. The summed E-state index contributed by atoms with van der Waals surface area (Å²) in [4.78, 5) is 16.7. The molecule has 0 bridgehead atoms. The van der Waals surface area contributed by atoms with E-state index in [-0.39, 0.29) is 12.0 Å². The van der Waals surface area contributed by atoms with Crippen molar-refractivity contribution in [3.63, 3.8) is 0 Å². The van der Waals surface area contributed by atoms with Crippen molar-refractivity contribution in [1.29, 1.82) is 0 Å². The number of hydrogen-bond acceptors (Lipinski definition) is 8. The number of hydrogen-bond donors (Lipinski definition) is 5. The summed E-state index contributed by atoms with van der Waals surface area (Å²) in [6.07, 6.45) is 14.1. The average molecular weight is 495 g/mol. The van der Waals surface area contributed by atoms with Crippen LogP contribution in [-0.4, -0.2) is 54.7 Å². The maximum absolute atomic E-state index is 11.6. The number of anilines is 2. The molecular formula is C24H30N8O2S. The Morgan fingerprint density at radius 1 is 1.20 bits per heavy atom. The van der Waals surface area contributed by atoms with Gasteiger partial charge in [-0.3, -0.25) is 9.71 Å². The second-order valence-electron chi connectivity index (χ2n) is 8.38. The van der Waals surface area contributed by atoms with E-state index in [1.54, 1.807) is 18.5 Å². The minimum absolute atomic E-state index is 0.269. The third kappa shape index (κ3) is 5.76. The summed E-state index contributed by atoms with van der Waals surface area (Å²) in [6, 6.07) is 3.28. The minimum Gasteiger partial charge on any atom is -0.383 e. The lowest BCUT2D eigenvalue weighted by molar-refractivity contribution is 0.607. The summed E-state index contributed by atoms with van der Waals surface area (Å²) in [5.41, 5.74) is 11.0. The van der Waals surface area contributed by atoms with Crippen LogP contribution in [0.15, 0.2) is 55.1 Å². The largest absolute Gasteiger partial charge is 0.383 e. The first-order valence-corrected chi connectivity index (χ1v) is 13.1. The van der Waals surface area contributed by atoms with Crippen molar-refractivity contribution >= 4 is 27.1 Å². The number of pyridine rings is 2. The van der Waals surface area contributed by atoms with Crippen LogP contribution in [0.3, 0.4) is 0 Å². The standard InChI is InChI=1S/C24H30N8O2S/c1-4-19(15-6-5-7-27-10-15)21-14-30-24(31-21)22(26-2)20-9-17(12-29-23(20)25)16-8-18(13-28-11-16)32-35(3,33)34/h4-6,8-9,11-15,22,26-27,32H,7,10H2,1-3H3,(H2,25,29)(H,30,31)/b19-4-. The number of rotatable bonds is 8. The first-order chi connectivity index (χ1) is 16.8. The van der Waals surface area contributed by atoms with Crippen molar-refractivity contribution in [1.82, 2.24) is 30.6 Å².